The normalized spacial score (nSPS) is 13.3. The van der Waals surface area contributed by atoms with Crippen molar-refractivity contribution >= 4 is 0 Å². The van der Waals surface area contributed by atoms with Crippen LogP contribution in [-0.4, -0.2) is 64.6 Å². The van der Waals surface area contributed by atoms with E-state index in [-0.39, 0.29) is 0 Å². The molecule has 0 bridgehead atoms. The quantitative estimate of drug-likeness (QED) is 0.538. The first-order valence-electron chi connectivity index (χ1n) is 6.18. The van der Waals surface area contributed by atoms with E-state index in [4.69, 9.17) is 9.47 Å². The van der Waals surface area contributed by atoms with Gasteiger partial charge < -0.3 is 14.8 Å². The molecule has 98 valence electrons. The second-order valence-corrected chi connectivity index (χ2v) is 4.07. The number of hydrogen-bond acceptors (Lipinski definition) is 4. The van der Waals surface area contributed by atoms with Gasteiger partial charge in [-0.1, -0.05) is 6.92 Å². The Labute approximate surface area is 100 Å². The molecule has 4 nitrogen and oxygen atoms in total. The Balaban J connectivity index is 3.83. The number of methoxy groups -OCH3 is 2. The van der Waals surface area contributed by atoms with Gasteiger partial charge >= 0.3 is 0 Å². The molecule has 4 heteroatoms. The lowest BCUT2D eigenvalue weighted by atomic mass is 10.2. The van der Waals surface area contributed by atoms with Crippen molar-refractivity contribution in [3.05, 3.63) is 0 Å². The van der Waals surface area contributed by atoms with Gasteiger partial charge in [-0.25, -0.2) is 0 Å². The highest BCUT2D eigenvalue weighted by atomic mass is 16.5. The van der Waals surface area contributed by atoms with E-state index < -0.39 is 0 Å². The third-order valence-electron chi connectivity index (χ3n) is 2.66. The molecule has 0 saturated carbocycles. The van der Waals surface area contributed by atoms with Crippen molar-refractivity contribution in [2.75, 3.05) is 53.6 Å². The fourth-order valence-electron chi connectivity index (χ4n) is 1.59. The maximum Gasteiger partial charge on any atom is 0.0589 e. The van der Waals surface area contributed by atoms with E-state index in [1.54, 1.807) is 14.2 Å². The van der Waals surface area contributed by atoms with Gasteiger partial charge in [-0.15, -0.1) is 0 Å². The van der Waals surface area contributed by atoms with Crippen LogP contribution in [0.15, 0.2) is 0 Å². The zero-order chi connectivity index (χ0) is 12.2. The number of nitrogens with zero attached hydrogens (tertiary/aromatic N) is 1. The zero-order valence-corrected chi connectivity index (χ0v) is 11.3. The van der Waals surface area contributed by atoms with E-state index in [9.17, 15) is 0 Å². The fourth-order valence-corrected chi connectivity index (χ4v) is 1.59. The topological polar surface area (TPSA) is 33.7 Å². The largest absolute Gasteiger partial charge is 0.383 e. The summed E-state index contributed by atoms with van der Waals surface area (Å²) >= 11 is 0. The maximum atomic E-state index is 5.13. The van der Waals surface area contributed by atoms with Crippen LogP contribution in [0, 0.1) is 0 Å². The minimum absolute atomic E-state index is 0.525. The van der Waals surface area contributed by atoms with E-state index in [1.807, 2.05) is 0 Å². The van der Waals surface area contributed by atoms with Crippen LogP contribution in [0.1, 0.15) is 20.3 Å². The van der Waals surface area contributed by atoms with Gasteiger partial charge in [-0.2, -0.15) is 0 Å². The summed E-state index contributed by atoms with van der Waals surface area (Å²) in [5.41, 5.74) is 0. The predicted molar refractivity (Wildman–Crippen MR) is 67.9 cm³/mol. The Morgan fingerprint density at radius 3 is 2.12 bits per heavy atom. The molecule has 0 radical (unpaired) electrons. The van der Waals surface area contributed by atoms with Crippen LogP contribution >= 0.6 is 0 Å². The molecular weight excluding hydrogens is 204 g/mol. The molecule has 0 aliphatic carbocycles. The van der Waals surface area contributed by atoms with Crippen LogP contribution in [0.4, 0.5) is 0 Å². The Morgan fingerprint density at radius 2 is 1.69 bits per heavy atom. The van der Waals surface area contributed by atoms with Crippen molar-refractivity contribution in [3.8, 4) is 0 Å². The third-order valence-corrected chi connectivity index (χ3v) is 2.66. The second kappa shape index (κ2) is 11.3. The second-order valence-electron chi connectivity index (χ2n) is 4.07. The van der Waals surface area contributed by atoms with Crippen LogP contribution in [0.3, 0.4) is 0 Å². The Bertz CT molecular complexity index is 137. The molecule has 1 unspecified atom stereocenters. The van der Waals surface area contributed by atoms with Gasteiger partial charge in [0.05, 0.1) is 13.2 Å². The summed E-state index contributed by atoms with van der Waals surface area (Å²) < 4.78 is 10.3. The number of rotatable bonds is 11. The van der Waals surface area contributed by atoms with Crippen LogP contribution in [0.25, 0.3) is 0 Å². The molecule has 0 heterocycles. The van der Waals surface area contributed by atoms with Crippen molar-refractivity contribution in [1.82, 2.24) is 10.2 Å². The highest BCUT2D eigenvalue weighted by Gasteiger charge is 2.12. The average molecular weight is 232 g/mol. The van der Waals surface area contributed by atoms with Gasteiger partial charge in [-0.3, -0.25) is 4.90 Å². The van der Waals surface area contributed by atoms with E-state index in [0.29, 0.717) is 6.04 Å². The third kappa shape index (κ3) is 8.05. The summed E-state index contributed by atoms with van der Waals surface area (Å²) in [5, 5.41) is 3.44. The van der Waals surface area contributed by atoms with Crippen LogP contribution in [0.5, 0.6) is 0 Å². The summed E-state index contributed by atoms with van der Waals surface area (Å²) in [6, 6.07) is 0.525. The van der Waals surface area contributed by atoms with E-state index in [1.165, 1.54) is 6.42 Å². The van der Waals surface area contributed by atoms with Crippen molar-refractivity contribution in [2.24, 2.45) is 0 Å². The van der Waals surface area contributed by atoms with Crippen LogP contribution in [0.2, 0.25) is 0 Å². The van der Waals surface area contributed by atoms with Gasteiger partial charge in [0.2, 0.25) is 0 Å². The summed E-state index contributed by atoms with van der Waals surface area (Å²) in [6.07, 6.45) is 1.18. The highest BCUT2D eigenvalue weighted by molar-refractivity contribution is 4.69. The first-order chi connectivity index (χ1) is 7.76. The molecule has 0 aromatic heterocycles. The van der Waals surface area contributed by atoms with Gasteiger partial charge in [0.25, 0.3) is 0 Å². The fraction of sp³-hybridized carbons (Fsp3) is 1.00. The molecule has 0 aromatic carbocycles. The molecule has 1 atom stereocenters. The molecule has 0 aliphatic heterocycles. The van der Waals surface area contributed by atoms with Crippen molar-refractivity contribution in [1.29, 1.82) is 0 Å². The van der Waals surface area contributed by atoms with Crippen molar-refractivity contribution in [2.45, 2.75) is 26.3 Å². The van der Waals surface area contributed by atoms with Crippen molar-refractivity contribution in [3.63, 3.8) is 0 Å². The smallest absolute Gasteiger partial charge is 0.0589 e. The van der Waals surface area contributed by atoms with E-state index in [0.717, 1.165) is 39.4 Å². The monoisotopic (exact) mass is 232 g/mol. The Hall–Kier alpha value is -0.160. The summed E-state index contributed by atoms with van der Waals surface area (Å²) in [6.45, 7) is 10.0. The molecule has 0 aromatic rings. The van der Waals surface area contributed by atoms with E-state index >= 15 is 0 Å². The number of ether oxygens (including phenoxy) is 2. The molecular formula is C12H28N2O2. The van der Waals surface area contributed by atoms with Crippen molar-refractivity contribution < 1.29 is 9.47 Å². The first-order valence-corrected chi connectivity index (χ1v) is 6.18. The lowest BCUT2D eigenvalue weighted by Gasteiger charge is -2.28. The van der Waals surface area contributed by atoms with Gasteiger partial charge in [-0.05, 0) is 19.9 Å². The molecule has 0 saturated heterocycles. The molecule has 16 heavy (non-hydrogen) atoms. The van der Waals surface area contributed by atoms with E-state index in [2.05, 4.69) is 24.1 Å². The lowest BCUT2D eigenvalue weighted by molar-refractivity contribution is 0.0917. The molecule has 0 spiro atoms. The first kappa shape index (κ1) is 15.8. The lowest BCUT2D eigenvalue weighted by Crippen LogP contribution is -2.43. The Kier molecular flexibility index (Phi) is 11.2. The van der Waals surface area contributed by atoms with Crippen LogP contribution < -0.4 is 5.32 Å². The predicted octanol–water partition coefficient (Wildman–Crippen LogP) is 0.969. The minimum atomic E-state index is 0.525. The maximum absolute atomic E-state index is 5.13. The Morgan fingerprint density at radius 1 is 1.12 bits per heavy atom. The molecule has 0 rings (SSSR count). The molecule has 0 amide bonds. The number of hydrogen-bond donors (Lipinski definition) is 1. The summed E-state index contributed by atoms with van der Waals surface area (Å²) in [7, 11) is 3.49. The molecule has 0 aliphatic rings. The number of nitrogens with one attached hydrogen (secondary N) is 1. The summed E-state index contributed by atoms with van der Waals surface area (Å²) in [5.74, 6) is 0. The van der Waals surface area contributed by atoms with Gasteiger partial charge in [0, 0.05) is 39.9 Å². The molecule has 0 fully saturated rings. The highest BCUT2D eigenvalue weighted by Crippen LogP contribution is 1.98. The average Bonchev–Trinajstić information content (AvgIpc) is 2.29. The van der Waals surface area contributed by atoms with Crippen LogP contribution in [-0.2, 0) is 9.47 Å². The standard InChI is InChI=1S/C12H28N2O2/c1-5-6-13-11-12(2)14(7-9-15-3)8-10-16-4/h12-13H,5-11H2,1-4H3. The van der Waals surface area contributed by atoms with Gasteiger partial charge in [0.1, 0.15) is 0 Å². The minimum Gasteiger partial charge on any atom is -0.383 e. The van der Waals surface area contributed by atoms with Gasteiger partial charge in [0.15, 0.2) is 0 Å². The zero-order valence-electron chi connectivity index (χ0n) is 11.3. The molecule has 1 N–H and O–H groups in total. The summed E-state index contributed by atoms with van der Waals surface area (Å²) in [4.78, 5) is 2.40. The SMILES string of the molecule is CCCNCC(C)N(CCOC)CCOC.